The van der Waals surface area contributed by atoms with Gasteiger partial charge in [-0.05, 0) is 31.2 Å². The Labute approximate surface area is 120 Å². The van der Waals surface area contributed by atoms with Crippen LogP contribution in [0.5, 0.6) is 17.2 Å². The predicted octanol–water partition coefficient (Wildman–Crippen LogP) is 3.85. The minimum atomic E-state index is 0.624. The van der Waals surface area contributed by atoms with E-state index in [-0.39, 0.29) is 0 Å². The fourth-order valence-electron chi connectivity index (χ4n) is 1.76. The molecule has 0 bridgehead atoms. The summed E-state index contributed by atoms with van der Waals surface area (Å²) in [4.78, 5) is 0. The van der Waals surface area contributed by atoms with Gasteiger partial charge >= 0.3 is 0 Å². The average molecular weight is 272 g/mol. The zero-order valence-electron chi connectivity index (χ0n) is 12.0. The van der Waals surface area contributed by atoms with Crippen molar-refractivity contribution >= 4 is 0 Å². The molecular formula is C17H20O3. The minimum absolute atomic E-state index is 0.624. The quantitative estimate of drug-likeness (QED) is 0.716. The van der Waals surface area contributed by atoms with Gasteiger partial charge in [0, 0.05) is 12.5 Å². The molecule has 0 aliphatic heterocycles. The highest BCUT2D eigenvalue weighted by Gasteiger charge is 1.97. The van der Waals surface area contributed by atoms with Gasteiger partial charge in [-0.15, -0.1) is 0 Å². The second-order valence-electron chi connectivity index (χ2n) is 4.54. The van der Waals surface area contributed by atoms with Crippen LogP contribution in [0.15, 0.2) is 48.5 Å². The van der Waals surface area contributed by atoms with Crippen molar-refractivity contribution in [2.75, 3.05) is 20.3 Å². The van der Waals surface area contributed by atoms with Gasteiger partial charge in [0.05, 0.1) is 20.3 Å². The van der Waals surface area contributed by atoms with E-state index in [1.165, 1.54) is 5.56 Å². The topological polar surface area (TPSA) is 27.7 Å². The van der Waals surface area contributed by atoms with E-state index in [4.69, 9.17) is 14.2 Å². The molecule has 0 aliphatic carbocycles. The molecule has 0 unspecified atom stereocenters. The second kappa shape index (κ2) is 7.43. The van der Waals surface area contributed by atoms with Gasteiger partial charge in [-0.25, -0.2) is 0 Å². The Balaban J connectivity index is 1.67. The fraction of sp³-hybridized carbons (Fsp3) is 0.294. The molecule has 0 aromatic heterocycles. The first-order valence-corrected chi connectivity index (χ1v) is 6.74. The summed E-state index contributed by atoms with van der Waals surface area (Å²) in [7, 11) is 1.65. The van der Waals surface area contributed by atoms with Gasteiger partial charge in [-0.3, -0.25) is 0 Å². The van der Waals surface area contributed by atoms with Gasteiger partial charge < -0.3 is 14.2 Å². The van der Waals surface area contributed by atoms with Gasteiger partial charge in [0.2, 0.25) is 0 Å². The molecule has 3 heteroatoms. The van der Waals surface area contributed by atoms with Crippen molar-refractivity contribution in [1.82, 2.24) is 0 Å². The van der Waals surface area contributed by atoms with Crippen LogP contribution in [-0.2, 0) is 0 Å². The van der Waals surface area contributed by atoms with Crippen LogP contribution in [0.4, 0.5) is 0 Å². The van der Waals surface area contributed by atoms with Crippen LogP contribution in [0.3, 0.4) is 0 Å². The van der Waals surface area contributed by atoms with E-state index >= 15 is 0 Å². The lowest BCUT2D eigenvalue weighted by Crippen LogP contribution is -2.05. The van der Waals surface area contributed by atoms with Crippen molar-refractivity contribution in [3.8, 4) is 17.2 Å². The maximum absolute atomic E-state index is 5.65. The largest absolute Gasteiger partial charge is 0.497 e. The van der Waals surface area contributed by atoms with Gasteiger partial charge in [-0.1, -0.05) is 23.8 Å². The van der Waals surface area contributed by atoms with Gasteiger partial charge in [0.1, 0.15) is 17.2 Å². The van der Waals surface area contributed by atoms with Crippen LogP contribution in [0.1, 0.15) is 12.0 Å². The Bertz CT molecular complexity index is 520. The van der Waals surface area contributed by atoms with E-state index in [2.05, 4.69) is 6.92 Å². The summed E-state index contributed by atoms with van der Waals surface area (Å²) in [5.74, 6) is 2.52. The average Bonchev–Trinajstić information content (AvgIpc) is 2.49. The zero-order chi connectivity index (χ0) is 14.2. The summed E-state index contributed by atoms with van der Waals surface area (Å²) < 4.78 is 16.4. The normalized spacial score (nSPS) is 10.1. The van der Waals surface area contributed by atoms with Gasteiger partial charge in [-0.2, -0.15) is 0 Å². The number of aryl methyl sites for hydroxylation is 1. The Morgan fingerprint density at radius 2 is 1.45 bits per heavy atom. The molecule has 0 saturated carbocycles. The van der Waals surface area contributed by atoms with Crippen LogP contribution < -0.4 is 14.2 Å². The molecule has 2 aromatic carbocycles. The van der Waals surface area contributed by atoms with E-state index < -0.39 is 0 Å². The Morgan fingerprint density at radius 1 is 0.800 bits per heavy atom. The molecule has 0 aliphatic rings. The molecule has 0 radical (unpaired) electrons. The third-order valence-electron chi connectivity index (χ3n) is 2.89. The molecule has 0 amide bonds. The lowest BCUT2D eigenvalue weighted by Gasteiger charge is -2.09. The third-order valence-corrected chi connectivity index (χ3v) is 2.89. The molecule has 0 N–H and O–H groups in total. The molecule has 0 spiro atoms. The summed E-state index contributed by atoms with van der Waals surface area (Å²) in [6.07, 6.45) is 0.838. The van der Waals surface area contributed by atoms with Crippen molar-refractivity contribution in [2.45, 2.75) is 13.3 Å². The van der Waals surface area contributed by atoms with Crippen LogP contribution >= 0.6 is 0 Å². The monoisotopic (exact) mass is 272 g/mol. The lowest BCUT2D eigenvalue weighted by molar-refractivity contribution is 0.247. The maximum atomic E-state index is 5.65. The Morgan fingerprint density at radius 3 is 2.15 bits per heavy atom. The molecule has 2 rings (SSSR count). The number of ether oxygens (including phenoxy) is 3. The maximum Gasteiger partial charge on any atom is 0.122 e. The zero-order valence-corrected chi connectivity index (χ0v) is 12.0. The number of benzene rings is 2. The highest BCUT2D eigenvalue weighted by Crippen LogP contribution is 2.19. The van der Waals surface area contributed by atoms with Crippen LogP contribution in [-0.4, -0.2) is 20.3 Å². The van der Waals surface area contributed by atoms with Crippen molar-refractivity contribution in [1.29, 1.82) is 0 Å². The molecule has 2 aromatic rings. The summed E-state index contributed by atoms with van der Waals surface area (Å²) in [5, 5.41) is 0. The number of hydrogen-bond acceptors (Lipinski definition) is 3. The molecule has 20 heavy (non-hydrogen) atoms. The number of hydrogen-bond donors (Lipinski definition) is 0. The van der Waals surface area contributed by atoms with Crippen molar-refractivity contribution in [2.24, 2.45) is 0 Å². The van der Waals surface area contributed by atoms with E-state index in [0.717, 1.165) is 23.7 Å². The van der Waals surface area contributed by atoms with E-state index in [1.807, 2.05) is 48.5 Å². The molecule has 0 atom stereocenters. The lowest BCUT2D eigenvalue weighted by atomic mass is 10.2. The second-order valence-corrected chi connectivity index (χ2v) is 4.54. The molecule has 106 valence electrons. The van der Waals surface area contributed by atoms with E-state index in [9.17, 15) is 0 Å². The highest BCUT2D eigenvalue weighted by molar-refractivity contribution is 5.32. The highest BCUT2D eigenvalue weighted by atomic mass is 16.5. The van der Waals surface area contributed by atoms with Crippen LogP contribution in [0, 0.1) is 6.92 Å². The van der Waals surface area contributed by atoms with Crippen molar-refractivity contribution in [3.63, 3.8) is 0 Å². The van der Waals surface area contributed by atoms with E-state index in [0.29, 0.717) is 13.2 Å². The first-order valence-electron chi connectivity index (χ1n) is 6.74. The standard InChI is InChI=1S/C17H20O3/c1-14-7-9-15(10-8-14)19-11-4-12-20-17-6-3-5-16(13-17)18-2/h3,5-10,13H,4,11-12H2,1-2H3. The summed E-state index contributed by atoms with van der Waals surface area (Å²) in [5.41, 5.74) is 1.23. The van der Waals surface area contributed by atoms with Crippen molar-refractivity contribution < 1.29 is 14.2 Å². The molecule has 0 saturated heterocycles. The minimum Gasteiger partial charge on any atom is -0.497 e. The number of methoxy groups -OCH3 is 1. The Hall–Kier alpha value is -2.16. The van der Waals surface area contributed by atoms with Crippen LogP contribution in [0.25, 0.3) is 0 Å². The molecular weight excluding hydrogens is 252 g/mol. The third kappa shape index (κ3) is 4.50. The Kier molecular flexibility index (Phi) is 5.30. The SMILES string of the molecule is COc1cccc(OCCCOc2ccc(C)cc2)c1. The predicted molar refractivity (Wildman–Crippen MR) is 79.8 cm³/mol. The summed E-state index contributed by atoms with van der Waals surface area (Å²) >= 11 is 0. The number of rotatable bonds is 7. The van der Waals surface area contributed by atoms with Crippen LogP contribution in [0.2, 0.25) is 0 Å². The summed E-state index contributed by atoms with van der Waals surface area (Å²) in [6.45, 7) is 3.33. The first-order chi connectivity index (χ1) is 9.78. The first kappa shape index (κ1) is 14.3. The smallest absolute Gasteiger partial charge is 0.122 e. The van der Waals surface area contributed by atoms with Gasteiger partial charge in [0.25, 0.3) is 0 Å². The van der Waals surface area contributed by atoms with E-state index in [1.54, 1.807) is 7.11 Å². The fourth-order valence-corrected chi connectivity index (χ4v) is 1.76. The van der Waals surface area contributed by atoms with Gasteiger partial charge in [0.15, 0.2) is 0 Å². The summed E-state index contributed by atoms with van der Waals surface area (Å²) in [6, 6.07) is 15.7. The van der Waals surface area contributed by atoms with Crippen molar-refractivity contribution in [3.05, 3.63) is 54.1 Å². The molecule has 0 fully saturated rings. The molecule has 3 nitrogen and oxygen atoms in total. The molecule has 0 heterocycles.